The maximum Gasteiger partial charge on any atom is 0.266 e. The molecular formula is C9H8ClN5O2S. The quantitative estimate of drug-likeness (QED) is 0.811. The minimum Gasteiger partial charge on any atom is -0.383 e. The summed E-state index contributed by atoms with van der Waals surface area (Å²) in [5.41, 5.74) is 5.50. The van der Waals surface area contributed by atoms with Crippen LogP contribution in [-0.4, -0.2) is 23.4 Å². The zero-order chi connectivity index (χ0) is 13.2. The first-order valence-electron chi connectivity index (χ1n) is 4.71. The van der Waals surface area contributed by atoms with Crippen molar-refractivity contribution in [2.24, 2.45) is 0 Å². The molecule has 0 fully saturated rings. The lowest BCUT2D eigenvalue weighted by atomic mass is 10.5. The Hall–Kier alpha value is -1.93. The second kappa shape index (κ2) is 4.75. The van der Waals surface area contributed by atoms with Gasteiger partial charge in [0.1, 0.15) is 16.5 Å². The van der Waals surface area contributed by atoms with Crippen LogP contribution in [-0.2, 0) is 10.0 Å². The first-order chi connectivity index (χ1) is 8.49. The third-order valence-electron chi connectivity index (χ3n) is 1.95. The SMILES string of the molecule is Nc1ncccc1S(=O)(=O)Nc1ccnc(Cl)n1. The highest BCUT2D eigenvalue weighted by atomic mass is 35.5. The van der Waals surface area contributed by atoms with Gasteiger partial charge >= 0.3 is 0 Å². The van der Waals surface area contributed by atoms with E-state index < -0.39 is 10.0 Å². The summed E-state index contributed by atoms with van der Waals surface area (Å²) < 4.78 is 26.2. The van der Waals surface area contributed by atoms with Gasteiger partial charge in [0, 0.05) is 12.4 Å². The molecule has 0 aliphatic heterocycles. The third-order valence-corrected chi connectivity index (χ3v) is 3.54. The average molecular weight is 286 g/mol. The molecule has 0 amide bonds. The first kappa shape index (κ1) is 12.5. The maximum absolute atomic E-state index is 12.0. The second-order valence-electron chi connectivity index (χ2n) is 3.20. The summed E-state index contributed by atoms with van der Waals surface area (Å²) in [5, 5.41) is -0.0608. The smallest absolute Gasteiger partial charge is 0.266 e. The number of rotatable bonds is 3. The number of halogens is 1. The molecule has 94 valence electrons. The molecule has 7 nitrogen and oxygen atoms in total. The first-order valence-corrected chi connectivity index (χ1v) is 6.57. The van der Waals surface area contributed by atoms with Gasteiger partial charge in [0.25, 0.3) is 10.0 Å². The molecule has 18 heavy (non-hydrogen) atoms. The Labute approximate surface area is 108 Å². The molecule has 0 radical (unpaired) electrons. The number of hydrogen-bond donors (Lipinski definition) is 2. The van der Waals surface area contributed by atoms with Crippen LogP contribution in [0.2, 0.25) is 5.28 Å². The van der Waals surface area contributed by atoms with Gasteiger partial charge < -0.3 is 5.73 Å². The molecule has 3 N–H and O–H groups in total. The summed E-state index contributed by atoms with van der Waals surface area (Å²) in [4.78, 5) is 10.9. The van der Waals surface area contributed by atoms with Crippen molar-refractivity contribution in [2.75, 3.05) is 10.5 Å². The van der Waals surface area contributed by atoms with Crippen molar-refractivity contribution in [3.63, 3.8) is 0 Å². The van der Waals surface area contributed by atoms with Gasteiger partial charge in [-0.1, -0.05) is 0 Å². The van der Waals surface area contributed by atoms with Gasteiger partial charge in [-0.2, -0.15) is 4.98 Å². The number of nitrogens with two attached hydrogens (primary N) is 1. The fourth-order valence-corrected chi connectivity index (χ4v) is 2.45. The average Bonchev–Trinajstić information content (AvgIpc) is 2.28. The Morgan fingerprint density at radius 1 is 1.22 bits per heavy atom. The van der Waals surface area contributed by atoms with Crippen LogP contribution in [0, 0.1) is 0 Å². The largest absolute Gasteiger partial charge is 0.383 e. The monoisotopic (exact) mass is 285 g/mol. The van der Waals surface area contributed by atoms with Crippen molar-refractivity contribution in [2.45, 2.75) is 4.90 Å². The lowest BCUT2D eigenvalue weighted by Crippen LogP contribution is -2.16. The number of nitrogens with zero attached hydrogens (tertiary/aromatic N) is 3. The fourth-order valence-electron chi connectivity index (χ4n) is 1.21. The molecule has 2 aromatic heterocycles. The predicted octanol–water partition coefficient (Wildman–Crippen LogP) is 0.908. The van der Waals surface area contributed by atoms with Crippen LogP contribution in [0.25, 0.3) is 0 Å². The van der Waals surface area contributed by atoms with E-state index in [1.165, 1.54) is 30.6 Å². The molecule has 2 heterocycles. The Kier molecular flexibility index (Phi) is 3.30. The molecule has 0 aliphatic rings. The molecule has 0 atom stereocenters. The van der Waals surface area contributed by atoms with Gasteiger partial charge in [0.05, 0.1) is 0 Å². The molecule has 2 aromatic rings. The lowest BCUT2D eigenvalue weighted by molar-refractivity contribution is 0.601. The normalized spacial score (nSPS) is 11.2. The summed E-state index contributed by atoms with van der Waals surface area (Å²) in [6.07, 6.45) is 2.73. The van der Waals surface area contributed by atoms with Crippen molar-refractivity contribution >= 4 is 33.3 Å². The number of pyridine rings is 1. The number of anilines is 2. The van der Waals surface area contributed by atoms with E-state index in [9.17, 15) is 8.42 Å². The topological polar surface area (TPSA) is 111 Å². The number of sulfonamides is 1. The summed E-state index contributed by atoms with van der Waals surface area (Å²) in [6, 6.07) is 4.18. The molecule has 0 unspecified atom stereocenters. The van der Waals surface area contributed by atoms with Gasteiger partial charge in [0.15, 0.2) is 0 Å². The van der Waals surface area contributed by atoms with Crippen LogP contribution >= 0.6 is 11.6 Å². The van der Waals surface area contributed by atoms with E-state index in [4.69, 9.17) is 17.3 Å². The van der Waals surface area contributed by atoms with Crippen molar-refractivity contribution < 1.29 is 8.42 Å². The van der Waals surface area contributed by atoms with Crippen molar-refractivity contribution in [3.05, 3.63) is 35.9 Å². The van der Waals surface area contributed by atoms with Crippen molar-refractivity contribution in [3.8, 4) is 0 Å². The van der Waals surface area contributed by atoms with Crippen molar-refractivity contribution in [1.29, 1.82) is 0 Å². The minimum absolute atomic E-state index is 0.0539. The van der Waals surface area contributed by atoms with Gasteiger partial charge in [-0.3, -0.25) is 4.72 Å². The molecule has 0 bridgehead atoms. The summed E-state index contributed by atoms with van der Waals surface area (Å²) in [7, 11) is -3.85. The highest BCUT2D eigenvalue weighted by Gasteiger charge is 2.18. The molecule has 0 aliphatic carbocycles. The molecule has 0 saturated heterocycles. The Morgan fingerprint density at radius 3 is 2.67 bits per heavy atom. The van der Waals surface area contributed by atoms with E-state index in [1.54, 1.807) is 0 Å². The number of hydrogen-bond acceptors (Lipinski definition) is 6. The highest BCUT2D eigenvalue weighted by molar-refractivity contribution is 7.92. The molecule has 9 heteroatoms. The number of nitrogen functional groups attached to an aromatic ring is 1. The zero-order valence-corrected chi connectivity index (χ0v) is 10.5. The van der Waals surface area contributed by atoms with Crippen LogP contribution in [0.5, 0.6) is 0 Å². The van der Waals surface area contributed by atoms with Gasteiger partial charge in [-0.25, -0.2) is 18.4 Å². The van der Waals surface area contributed by atoms with E-state index in [0.29, 0.717) is 0 Å². The molecule has 0 saturated carbocycles. The van der Waals surface area contributed by atoms with E-state index in [1.807, 2.05) is 0 Å². The van der Waals surface area contributed by atoms with Crippen LogP contribution < -0.4 is 10.5 Å². The number of aromatic nitrogens is 3. The van der Waals surface area contributed by atoms with Gasteiger partial charge in [-0.15, -0.1) is 0 Å². The van der Waals surface area contributed by atoms with Crippen LogP contribution in [0.15, 0.2) is 35.5 Å². The summed E-state index contributed by atoms with van der Waals surface area (Å²) in [5.74, 6) is -0.0385. The number of nitrogens with one attached hydrogen (secondary N) is 1. The summed E-state index contributed by atoms with van der Waals surface area (Å²) >= 11 is 5.56. The lowest BCUT2D eigenvalue weighted by Gasteiger charge is -2.08. The molecule has 0 aromatic carbocycles. The Bertz CT molecular complexity index is 676. The van der Waals surface area contributed by atoms with Gasteiger partial charge in [0.2, 0.25) is 5.28 Å². The van der Waals surface area contributed by atoms with E-state index in [-0.39, 0.29) is 21.8 Å². The Morgan fingerprint density at radius 2 is 2.00 bits per heavy atom. The second-order valence-corrected chi connectivity index (χ2v) is 5.19. The highest BCUT2D eigenvalue weighted by Crippen LogP contribution is 2.18. The minimum atomic E-state index is -3.85. The Balaban J connectivity index is 2.37. The van der Waals surface area contributed by atoms with Crippen LogP contribution in [0.4, 0.5) is 11.6 Å². The molecule has 0 spiro atoms. The fraction of sp³-hybridized carbons (Fsp3) is 0. The standard InChI is InChI=1S/C9H8ClN5O2S/c10-9-13-5-3-7(14-9)15-18(16,17)6-2-1-4-12-8(6)11/h1-5H,(H2,11,12)(H,13,14,15). The molecular weight excluding hydrogens is 278 g/mol. The van der Waals surface area contributed by atoms with E-state index >= 15 is 0 Å². The summed E-state index contributed by atoms with van der Waals surface area (Å²) in [6.45, 7) is 0. The molecule has 2 rings (SSSR count). The van der Waals surface area contributed by atoms with Gasteiger partial charge in [-0.05, 0) is 29.8 Å². The zero-order valence-electron chi connectivity index (χ0n) is 8.91. The van der Waals surface area contributed by atoms with Crippen LogP contribution in [0.3, 0.4) is 0 Å². The third kappa shape index (κ3) is 2.66. The van der Waals surface area contributed by atoms with Crippen LogP contribution in [0.1, 0.15) is 0 Å². The maximum atomic E-state index is 12.0. The van der Waals surface area contributed by atoms with E-state index in [0.717, 1.165) is 0 Å². The van der Waals surface area contributed by atoms with Crippen molar-refractivity contribution in [1.82, 2.24) is 15.0 Å². The van der Waals surface area contributed by atoms with E-state index in [2.05, 4.69) is 19.7 Å². The predicted molar refractivity (Wildman–Crippen MR) is 66.5 cm³/mol.